The summed E-state index contributed by atoms with van der Waals surface area (Å²) in [5.41, 5.74) is 5.99. The van der Waals surface area contributed by atoms with Crippen LogP contribution < -0.4 is 10.5 Å². The minimum Gasteiger partial charge on any atom is -0.384 e. The zero-order chi connectivity index (χ0) is 14.9. The van der Waals surface area contributed by atoms with Crippen LogP contribution in [-0.2, 0) is 10.0 Å². The van der Waals surface area contributed by atoms with Gasteiger partial charge in [0, 0.05) is 30.0 Å². The molecular weight excluding hydrogens is 288 g/mol. The Morgan fingerprint density at radius 2 is 1.95 bits per heavy atom. The van der Waals surface area contributed by atoms with Gasteiger partial charge in [0.25, 0.3) is 10.0 Å². The Kier molecular flexibility index (Phi) is 3.19. The first kappa shape index (κ1) is 13.3. The van der Waals surface area contributed by atoms with Gasteiger partial charge in [0.1, 0.15) is 5.82 Å². The van der Waals surface area contributed by atoms with E-state index in [1.807, 2.05) is 12.1 Å². The van der Waals surface area contributed by atoms with Gasteiger partial charge in [0.2, 0.25) is 0 Å². The average molecular weight is 300 g/mol. The summed E-state index contributed by atoms with van der Waals surface area (Å²) in [6.07, 6.45) is 4.63. The maximum atomic E-state index is 12.4. The molecule has 7 heteroatoms. The summed E-state index contributed by atoms with van der Waals surface area (Å²) in [5.74, 6) is 0.150. The smallest absolute Gasteiger partial charge is 0.262 e. The number of hydrogen-bond acceptors (Lipinski definition) is 5. The Labute approximate surface area is 121 Å². The molecule has 2 aromatic heterocycles. The van der Waals surface area contributed by atoms with Crippen LogP contribution >= 0.6 is 0 Å². The first-order chi connectivity index (χ1) is 10.1. The number of fused-ring (bicyclic) bond motifs is 1. The van der Waals surface area contributed by atoms with Gasteiger partial charge >= 0.3 is 0 Å². The van der Waals surface area contributed by atoms with Crippen LogP contribution in [0.15, 0.2) is 59.9 Å². The van der Waals surface area contributed by atoms with Crippen molar-refractivity contribution in [2.24, 2.45) is 0 Å². The Balaban J connectivity index is 2.06. The van der Waals surface area contributed by atoms with E-state index in [1.54, 1.807) is 24.5 Å². The zero-order valence-electron chi connectivity index (χ0n) is 10.9. The first-order valence-corrected chi connectivity index (χ1v) is 7.62. The molecule has 0 fully saturated rings. The highest BCUT2D eigenvalue weighted by atomic mass is 32.2. The fourth-order valence-corrected chi connectivity index (χ4v) is 3.10. The Bertz CT molecular complexity index is 904. The molecule has 0 saturated heterocycles. The van der Waals surface area contributed by atoms with Crippen LogP contribution in [0.1, 0.15) is 0 Å². The summed E-state index contributed by atoms with van der Waals surface area (Å²) < 4.78 is 27.3. The van der Waals surface area contributed by atoms with Crippen molar-refractivity contribution < 1.29 is 8.42 Å². The molecule has 0 bridgehead atoms. The number of nitrogens with one attached hydrogen (secondary N) is 1. The van der Waals surface area contributed by atoms with E-state index in [-0.39, 0.29) is 10.7 Å². The first-order valence-electron chi connectivity index (χ1n) is 6.13. The molecule has 0 atom stereocenters. The predicted molar refractivity (Wildman–Crippen MR) is 81.2 cm³/mol. The number of hydrogen-bond donors (Lipinski definition) is 2. The van der Waals surface area contributed by atoms with E-state index in [0.29, 0.717) is 5.69 Å². The number of aromatic nitrogens is 2. The molecule has 3 rings (SSSR count). The van der Waals surface area contributed by atoms with Crippen LogP contribution in [0.3, 0.4) is 0 Å². The molecule has 21 heavy (non-hydrogen) atoms. The van der Waals surface area contributed by atoms with E-state index in [4.69, 9.17) is 5.73 Å². The summed E-state index contributed by atoms with van der Waals surface area (Å²) >= 11 is 0. The third-order valence-corrected chi connectivity index (χ3v) is 4.35. The highest BCUT2D eigenvalue weighted by Crippen LogP contribution is 2.25. The monoisotopic (exact) mass is 300 g/mol. The molecule has 0 aliphatic carbocycles. The number of nitrogens with zero attached hydrogens (tertiary/aromatic N) is 2. The lowest BCUT2D eigenvalue weighted by atomic mass is 10.1. The van der Waals surface area contributed by atoms with Gasteiger partial charge in [-0.05, 0) is 23.6 Å². The second-order valence-electron chi connectivity index (χ2n) is 4.42. The lowest BCUT2D eigenvalue weighted by Crippen LogP contribution is -2.13. The number of anilines is 2. The van der Waals surface area contributed by atoms with E-state index in [1.165, 1.54) is 18.3 Å². The fourth-order valence-electron chi connectivity index (χ4n) is 2.00. The van der Waals surface area contributed by atoms with Crippen molar-refractivity contribution in [1.82, 2.24) is 9.97 Å². The van der Waals surface area contributed by atoms with Crippen LogP contribution in [0.4, 0.5) is 11.5 Å². The molecule has 0 amide bonds. The minimum absolute atomic E-state index is 0.0656. The number of nitrogens with two attached hydrogens (primary N) is 1. The summed E-state index contributed by atoms with van der Waals surface area (Å²) in [6, 6.07) is 9.87. The third kappa shape index (κ3) is 2.63. The molecular formula is C14H12N4O2S. The number of rotatable bonds is 3. The molecule has 3 N–H and O–H groups in total. The fraction of sp³-hybridized carbons (Fsp3) is 0. The molecule has 106 valence electrons. The van der Waals surface area contributed by atoms with Crippen molar-refractivity contribution in [1.29, 1.82) is 0 Å². The van der Waals surface area contributed by atoms with E-state index < -0.39 is 10.0 Å². The second kappa shape index (κ2) is 5.02. The van der Waals surface area contributed by atoms with E-state index >= 15 is 0 Å². The average Bonchev–Trinajstić information content (AvgIpc) is 2.47. The number of pyridine rings is 2. The van der Waals surface area contributed by atoms with Crippen molar-refractivity contribution >= 4 is 32.3 Å². The Morgan fingerprint density at radius 1 is 1.10 bits per heavy atom. The normalized spacial score (nSPS) is 11.4. The van der Waals surface area contributed by atoms with Crippen LogP contribution in [0.2, 0.25) is 0 Å². The van der Waals surface area contributed by atoms with Crippen LogP contribution in [0, 0.1) is 0 Å². The maximum Gasteiger partial charge on any atom is 0.262 e. The summed E-state index contributed by atoms with van der Waals surface area (Å²) in [4.78, 5) is 7.88. The molecule has 6 nitrogen and oxygen atoms in total. The lowest BCUT2D eigenvalue weighted by molar-refractivity contribution is 0.601. The quantitative estimate of drug-likeness (QED) is 0.771. The van der Waals surface area contributed by atoms with Gasteiger partial charge < -0.3 is 5.73 Å². The SMILES string of the molecule is Nc1cc(S(=O)(=O)Nc2cccc3ccncc23)ccn1. The summed E-state index contributed by atoms with van der Waals surface area (Å²) in [6.45, 7) is 0. The van der Waals surface area contributed by atoms with Crippen LogP contribution in [0.5, 0.6) is 0 Å². The van der Waals surface area contributed by atoms with Gasteiger partial charge in [-0.3, -0.25) is 9.71 Å². The van der Waals surface area contributed by atoms with Crippen LogP contribution in [-0.4, -0.2) is 18.4 Å². The molecule has 0 unspecified atom stereocenters. The standard InChI is InChI=1S/C14H12N4O2S/c15-14-8-11(5-7-17-14)21(19,20)18-13-3-1-2-10-4-6-16-9-12(10)13/h1-9,18H,(H2,15,17). The summed E-state index contributed by atoms with van der Waals surface area (Å²) in [5, 5.41) is 1.63. The zero-order valence-corrected chi connectivity index (χ0v) is 11.7. The van der Waals surface area contributed by atoms with Crippen molar-refractivity contribution in [3.63, 3.8) is 0 Å². The van der Waals surface area contributed by atoms with E-state index in [2.05, 4.69) is 14.7 Å². The summed E-state index contributed by atoms with van der Waals surface area (Å²) in [7, 11) is -3.73. The van der Waals surface area contributed by atoms with Gasteiger partial charge in [0.05, 0.1) is 10.6 Å². The van der Waals surface area contributed by atoms with Crippen molar-refractivity contribution in [2.75, 3.05) is 10.5 Å². The molecule has 0 radical (unpaired) electrons. The molecule has 0 spiro atoms. The molecule has 2 heterocycles. The van der Waals surface area contributed by atoms with Crippen LogP contribution in [0.25, 0.3) is 10.8 Å². The number of sulfonamides is 1. The molecule has 3 aromatic rings. The van der Waals surface area contributed by atoms with E-state index in [0.717, 1.165) is 10.8 Å². The molecule has 1 aromatic carbocycles. The van der Waals surface area contributed by atoms with Gasteiger partial charge in [-0.25, -0.2) is 13.4 Å². The molecule has 0 saturated carbocycles. The van der Waals surface area contributed by atoms with E-state index in [9.17, 15) is 8.42 Å². The number of nitrogen functional groups attached to an aromatic ring is 1. The van der Waals surface area contributed by atoms with Gasteiger partial charge in [-0.15, -0.1) is 0 Å². The molecule has 0 aliphatic heterocycles. The molecule has 0 aliphatic rings. The highest BCUT2D eigenvalue weighted by molar-refractivity contribution is 7.92. The second-order valence-corrected chi connectivity index (χ2v) is 6.11. The predicted octanol–water partition coefficient (Wildman–Crippen LogP) is 2.01. The van der Waals surface area contributed by atoms with Crippen molar-refractivity contribution in [2.45, 2.75) is 4.90 Å². The Hall–Kier alpha value is -2.67. The third-order valence-electron chi connectivity index (χ3n) is 2.99. The highest BCUT2D eigenvalue weighted by Gasteiger charge is 2.16. The largest absolute Gasteiger partial charge is 0.384 e. The van der Waals surface area contributed by atoms with Crippen molar-refractivity contribution in [3.8, 4) is 0 Å². The lowest BCUT2D eigenvalue weighted by Gasteiger charge is -2.10. The minimum atomic E-state index is -3.73. The van der Waals surface area contributed by atoms with Gasteiger partial charge in [0.15, 0.2) is 0 Å². The maximum absolute atomic E-state index is 12.4. The van der Waals surface area contributed by atoms with Gasteiger partial charge in [-0.1, -0.05) is 12.1 Å². The Morgan fingerprint density at radius 3 is 2.76 bits per heavy atom. The van der Waals surface area contributed by atoms with Gasteiger partial charge in [-0.2, -0.15) is 0 Å². The van der Waals surface area contributed by atoms with Crippen molar-refractivity contribution in [3.05, 3.63) is 55.0 Å². The number of benzene rings is 1. The topological polar surface area (TPSA) is 98.0 Å².